The third-order valence-corrected chi connectivity index (χ3v) is 3.60. The van der Waals surface area contributed by atoms with Crippen LogP contribution in [0.2, 0.25) is 0 Å². The quantitative estimate of drug-likeness (QED) is 0.447. The van der Waals surface area contributed by atoms with E-state index < -0.39 is 0 Å². The van der Waals surface area contributed by atoms with Crippen LogP contribution in [0.3, 0.4) is 0 Å². The summed E-state index contributed by atoms with van der Waals surface area (Å²) in [6, 6.07) is 0. The van der Waals surface area contributed by atoms with Gasteiger partial charge in [0.1, 0.15) is 11.6 Å². The van der Waals surface area contributed by atoms with Crippen LogP contribution in [0.15, 0.2) is 12.2 Å². The van der Waals surface area contributed by atoms with Crippen molar-refractivity contribution in [3.05, 3.63) is 12.2 Å². The fourth-order valence-electron chi connectivity index (χ4n) is 2.17. The second kappa shape index (κ2) is 18.3. The topological polar surface area (TPSA) is 52.6 Å². The van der Waals surface area contributed by atoms with Gasteiger partial charge in [-0.25, -0.2) is 0 Å². The van der Waals surface area contributed by atoms with E-state index in [1.54, 1.807) is 28.1 Å². The van der Waals surface area contributed by atoms with Gasteiger partial charge in [-0.15, -0.1) is 0 Å². The molecule has 0 saturated heterocycles. The third-order valence-electron chi connectivity index (χ3n) is 3.60. The van der Waals surface area contributed by atoms with Gasteiger partial charge in [-0.05, 0) is 33.1 Å². The highest BCUT2D eigenvalue weighted by Gasteiger charge is 2.08. The highest BCUT2D eigenvalue weighted by molar-refractivity contribution is 5.76. The zero-order chi connectivity index (χ0) is 18.8. The molecule has 0 aromatic rings. The van der Waals surface area contributed by atoms with E-state index in [4.69, 9.17) is 9.47 Å². The zero-order valence-corrected chi connectivity index (χ0v) is 16.6. The lowest BCUT2D eigenvalue weighted by Crippen LogP contribution is -2.14. The fraction of sp³-hybridized carbons (Fsp3) is 0.800. The van der Waals surface area contributed by atoms with E-state index in [9.17, 15) is 9.59 Å². The summed E-state index contributed by atoms with van der Waals surface area (Å²) in [4.78, 5) is 21.5. The van der Waals surface area contributed by atoms with Gasteiger partial charge in [0.05, 0.1) is 12.2 Å². The Morgan fingerprint density at radius 2 is 1.42 bits per heavy atom. The molecule has 0 aromatic heterocycles. The average Bonchev–Trinajstić information content (AvgIpc) is 2.54. The maximum atomic E-state index is 10.8. The number of carbonyl (C=O) groups excluding carboxylic acids is 2. The molecule has 2 atom stereocenters. The van der Waals surface area contributed by atoms with Gasteiger partial charge in [-0.1, -0.05) is 45.3 Å². The first kappa shape index (κ1) is 25.2. The van der Waals surface area contributed by atoms with E-state index in [1.165, 1.54) is 6.42 Å². The maximum Gasteiger partial charge on any atom is 0.132 e. The molecule has 4 nitrogen and oxygen atoms in total. The normalized spacial score (nSPS) is 13.2. The van der Waals surface area contributed by atoms with Gasteiger partial charge < -0.3 is 9.47 Å². The molecule has 0 N–H and O–H groups in total. The second-order valence-corrected chi connectivity index (χ2v) is 6.17. The minimum absolute atomic E-state index is 0.0607. The zero-order valence-electron chi connectivity index (χ0n) is 16.6. The number of ketones is 2. The average molecular weight is 343 g/mol. The highest BCUT2D eigenvalue weighted by Crippen LogP contribution is 2.08. The number of ether oxygens (including phenoxy) is 2. The van der Waals surface area contributed by atoms with E-state index in [0.717, 1.165) is 32.1 Å². The number of allylic oxidation sites excluding steroid dienone is 1. The van der Waals surface area contributed by atoms with Crippen LogP contribution in [-0.2, 0) is 19.1 Å². The van der Waals surface area contributed by atoms with Gasteiger partial charge >= 0.3 is 0 Å². The van der Waals surface area contributed by atoms with E-state index in [0.29, 0.717) is 12.8 Å². The van der Waals surface area contributed by atoms with Crippen molar-refractivity contribution in [1.82, 2.24) is 0 Å². The van der Waals surface area contributed by atoms with Crippen LogP contribution in [0.1, 0.15) is 79.1 Å². The number of hydrogen-bond donors (Lipinski definition) is 0. The maximum absolute atomic E-state index is 10.8. The first-order chi connectivity index (χ1) is 11.4. The molecular formula is C20H38O4. The van der Waals surface area contributed by atoms with Gasteiger partial charge in [-0.2, -0.15) is 0 Å². The van der Waals surface area contributed by atoms with Crippen molar-refractivity contribution < 1.29 is 19.1 Å². The Morgan fingerprint density at radius 3 is 1.83 bits per heavy atom. The Balaban J connectivity index is 0. The molecule has 0 radical (unpaired) electrons. The molecule has 0 rings (SSSR count). The van der Waals surface area contributed by atoms with Crippen molar-refractivity contribution in [3.8, 4) is 0 Å². The first-order valence-electron chi connectivity index (χ1n) is 9.10. The molecule has 0 saturated carbocycles. The third kappa shape index (κ3) is 19.0. The Labute approximate surface area is 149 Å². The molecule has 0 bridgehead atoms. The van der Waals surface area contributed by atoms with Gasteiger partial charge in [0.15, 0.2) is 0 Å². The fourth-order valence-corrected chi connectivity index (χ4v) is 2.17. The number of Topliss-reactive ketones (excluding diaryl/α,β-unsaturated/α-hetero) is 2. The largest absolute Gasteiger partial charge is 0.381 e. The Hall–Kier alpha value is -1.00. The Bertz CT molecular complexity index is 337. The Kier molecular flexibility index (Phi) is 19.3. The molecule has 2 unspecified atom stereocenters. The van der Waals surface area contributed by atoms with E-state index in [1.807, 2.05) is 0 Å². The van der Waals surface area contributed by atoms with Gasteiger partial charge in [0.2, 0.25) is 0 Å². The van der Waals surface area contributed by atoms with Crippen molar-refractivity contribution in [2.24, 2.45) is 0 Å². The SMILES string of the molecule is CCCC=CCC(CC(C)=O)OC.CCCCC(CC(C)=O)OC. The summed E-state index contributed by atoms with van der Waals surface area (Å²) in [6.45, 7) is 7.49. The second-order valence-electron chi connectivity index (χ2n) is 6.17. The molecular weight excluding hydrogens is 304 g/mol. The predicted molar refractivity (Wildman–Crippen MR) is 100 cm³/mol. The standard InChI is InChI=1S/C11H20O2.C9H18O2/c1-4-5-6-7-8-11(13-3)9-10(2)12;1-4-5-6-9(11-3)7-8(2)10/h6-7,11H,4-5,8-9H2,1-3H3;9H,4-7H2,1-3H3. The summed E-state index contributed by atoms with van der Waals surface area (Å²) in [6.07, 6.45) is 12.0. The minimum atomic E-state index is 0.0607. The lowest BCUT2D eigenvalue weighted by molar-refractivity contribution is -0.120. The molecule has 0 aliphatic carbocycles. The van der Waals surface area contributed by atoms with Crippen LogP contribution in [0.25, 0.3) is 0 Å². The van der Waals surface area contributed by atoms with Crippen molar-refractivity contribution >= 4 is 11.6 Å². The van der Waals surface area contributed by atoms with Crippen LogP contribution in [0.4, 0.5) is 0 Å². The predicted octanol–water partition coefficient (Wildman–Crippen LogP) is 4.90. The van der Waals surface area contributed by atoms with Gasteiger partial charge in [0.25, 0.3) is 0 Å². The molecule has 0 amide bonds. The van der Waals surface area contributed by atoms with Crippen LogP contribution in [-0.4, -0.2) is 38.0 Å². The lowest BCUT2D eigenvalue weighted by Gasteiger charge is -2.12. The molecule has 24 heavy (non-hydrogen) atoms. The Morgan fingerprint density at radius 1 is 0.875 bits per heavy atom. The molecule has 142 valence electrons. The molecule has 0 spiro atoms. The molecule has 0 aromatic carbocycles. The van der Waals surface area contributed by atoms with Gasteiger partial charge in [-0.3, -0.25) is 9.59 Å². The number of carbonyl (C=O) groups is 2. The smallest absolute Gasteiger partial charge is 0.132 e. The van der Waals surface area contributed by atoms with Crippen molar-refractivity contribution in [3.63, 3.8) is 0 Å². The van der Waals surface area contributed by atoms with Crippen LogP contribution >= 0.6 is 0 Å². The molecule has 4 heteroatoms. The molecule has 0 heterocycles. The van der Waals surface area contributed by atoms with Crippen LogP contribution in [0, 0.1) is 0 Å². The first-order valence-corrected chi connectivity index (χ1v) is 9.10. The summed E-state index contributed by atoms with van der Waals surface area (Å²) in [5.74, 6) is 0.406. The van der Waals surface area contributed by atoms with Crippen LogP contribution < -0.4 is 0 Å². The molecule has 0 aliphatic heterocycles. The van der Waals surface area contributed by atoms with Crippen molar-refractivity contribution in [2.75, 3.05) is 14.2 Å². The van der Waals surface area contributed by atoms with E-state index in [2.05, 4.69) is 26.0 Å². The number of rotatable bonds is 13. The minimum Gasteiger partial charge on any atom is -0.381 e. The van der Waals surface area contributed by atoms with Gasteiger partial charge in [0, 0.05) is 27.1 Å². The van der Waals surface area contributed by atoms with E-state index in [-0.39, 0.29) is 23.8 Å². The highest BCUT2D eigenvalue weighted by atomic mass is 16.5. The van der Waals surface area contributed by atoms with Crippen molar-refractivity contribution in [1.29, 1.82) is 0 Å². The number of methoxy groups -OCH3 is 2. The molecule has 0 fully saturated rings. The summed E-state index contributed by atoms with van der Waals surface area (Å²) in [5, 5.41) is 0. The van der Waals surface area contributed by atoms with Crippen molar-refractivity contribution in [2.45, 2.75) is 91.3 Å². The summed E-state index contributed by atoms with van der Waals surface area (Å²) in [7, 11) is 3.32. The monoisotopic (exact) mass is 342 g/mol. The summed E-state index contributed by atoms with van der Waals surface area (Å²) >= 11 is 0. The summed E-state index contributed by atoms with van der Waals surface area (Å²) in [5.41, 5.74) is 0. The summed E-state index contributed by atoms with van der Waals surface area (Å²) < 4.78 is 10.3. The molecule has 0 aliphatic rings. The van der Waals surface area contributed by atoms with E-state index >= 15 is 0 Å². The number of unbranched alkanes of at least 4 members (excludes halogenated alkanes) is 2. The number of hydrogen-bond acceptors (Lipinski definition) is 4. The lowest BCUT2D eigenvalue weighted by atomic mass is 10.1. The van der Waals surface area contributed by atoms with Crippen LogP contribution in [0.5, 0.6) is 0 Å².